The van der Waals surface area contributed by atoms with Gasteiger partial charge in [0.2, 0.25) is 0 Å². The maximum atomic E-state index is 12.2. The second-order valence-corrected chi connectivity index (χ2v) is 6.25. The van der Waals surface area contributed by atoms with Gasteiger partial charge in [0, 0.05) is 36.9 Å². The van der Waals surface area contributed by atoms with Gasteiger partial charge in [-0.3, -0.25) is 0 Å². The fourth-order valence-electron chi connectivity index (χ4n) is 2.70. The maximum Gasteiger partial charge on any atom is 0.321 e. The Hall–Kier alpha value is -2.61. The summed E-state index contributed by atoms with van der Waals surface area (Å²) in [6, 6.07) is 5.89. The largest absolute Gasteiger partial charge is 0.364 e. The Kier molecular flexibility index (Phi) is 3.58. The van der Waals surface area contributed by atoms with Gasteiger partial charge in [0.25, 0.3) is 0 Å². The quantitative estimate of drug-likeness (QED) is 0.775. The molecule has 8 heteroatoms. The van der Waals surface area contributed by atoms with Gasteiger partial charge in [0.05, 0.1) is 5.69 Å². The van der Waals surface area contributed by atoms with Crippen LogP contribution in [0.2, 0.25) is 0 Å². The van der Waals surface area contributed by atoms with Crippen LogP contribution in [0.4, 0.5) is 16.3 Å². The molecule has 1 fully saturated rings. The normalized spacial score (nSPS) is 17.6. The van der Waals surface area contributed by atoms with Crippen LogP contribution in [-0.2, 0) is 0 Å². The molecule has 0 aliphatic carbocycles. The summed E-state index contributed by atoms with van der Waals surface area (Å²) in [5.41, 5.74) is 1.67. The minimum Gasteiger partial charge on any atom is -0.364 e. The third-order valence-electron chi connectivity index (χ3n) is 3.86. The van der Waals surface area contributed by atoms with Crippen LogP contribution in [0.25, 0.3) is 5.65 Å². The number of anilines is 2. The number of hydrogen-bond acceptors (Lipinski definition) is 5. The molecule has 1 atom stereocenters. The van der Waals surface area contributed by atoms with E-state index in [1.165, 1.54) is 0 Å². The number of amides is 2. The molecule has 4 rings (SSSR count). The van der Waals surface area contributed by atoms with Gasteiger partial charge in [-0.2, -0.15) is 11.3 Å². The van der Waals surface area contributed by atoms with Crippen molar-refractivity contribution in [3.05, 3.63) is 41.4 Å². The fraction of sp³-hybridized carbons (Fsp3) is 0.267. The summed E-state index contributed by atoms with van der Waals surface area (Å²) in [5.74, 6) is 0.792. The van der Waals surface area contributed by atoms with Crippen LogP contribution < -0.4 is 10.6 Å². The van der Waals surface area contributed by atoms with Crippen LogP contribution in [0.3, 0.4) is 0 Å². The number of fused-ring (bicyclic) bond motifs is 1. The van der Waals surface area contributed by atoms with Crippen LogP contribution in [0.15, 0.2) is 41.4 Å². The van der Waals surface area contributed by atoms with Crippen molar-refractivity contribution in [2.24, 2.45) is 0 Å². The molecule has 0 radical (unpaired) electrons. The molecule has 2 amide bonds. The van der Waals surface area contributed by atoms with E-state index in [0.717, 1.165) is 30.1 Å². The molecule has 0 aromatic carbocycles. The first kappa shape index (κ1) is 14.0. The number of likely N-dealkylation sites (tertiary alicyclic amines) is 1. The molecule has 0 bridgehead atoms. The van der Waals surface area contributed by atoms with Crippen molar-refractivity contribution in [1.29, 1.82) is 0 Å². The summed E-state index contributed by atoms with van der Waals surface area (Å²) in [6.45, 7) is 1.40. The molecule has 1 aliphatic heterocycles. The number of imidazole rings is 1. The predicted molar refractivity (Wildman–Crippen MR) is 89.9 cm³/mol. The average Bonchev–Trinajstić information content (AvgIpc) is 3.27. The van der Waals surface area contributed by atoms with Gasteiger partial charge < -0.3 is 15.5 Å². The van der Waals surface area contributed by atoms with E-state index in [1.54, 1.807) is 22.0 Å². The number of nitrogens with one attached hydrogen (secondary N) is 2. The van der Waals surface area contributed by atoms with E-state index >= 15 is 0 Å². The third-order valence-corrected chi connectivity index (χ3v) is 4.54. The summed E-state index contributed by atoms with van der Waals surface area (Å²) in [6.07, 6.45) is 4.44. The molecule has 4 heterocycles. The Morgan fingerprint density at radius 2 is 2.30 bits per heavy atom. The van der Waals surface area contributed by atoms with Crippen molar-refractivity contribution in [1.82, 2.24) is 19.5 Å². The zero-order valence-electron chi connectivity index (χ0n) is 12.3. The van der Waals surface area contributed by atoms with Gasteiger partial charge in [-0.25, -0.2) is 14.3 Å². The summed E-state index contributed by atoms with van der Waals surface area (Å²) in [5, 5.41) is 14.6. The minimum atomic E-state index is -0.0503. The molecule has 3 aromatic heterocycles. The van der Waals surface area contributed by atoms with E-state index < -0.39 is 0 Å². The number of aromatic nitrogens is 3. The van der Waals surface area contributed by atoms with Gasteiger partial charge in [-0.05, 0) is 30.0 Å². The number of thiophene rings is 1. The fourth-order valence-corrected chi connectivity index (χ4v) is 3.29. The van der Waals surface area contributed by atoms with Crippen LogP contribution >= 0.6 is 11.3 Å². The topological polar surface area (TPSA) is 74.6 Å². The van der Waals surface area contributed by atoms with Crippen molar-refractivity contribution in [3.63, 3.8) is 0 Å². The van der Waals surface area contributed by atoms with Gasteiger partial charge in [0.1, 0.15) is 5.82 Å². The highest BCUT2D eigenvalue weighted by Gasteiger charge is 2.26. The highest BCUT2D eigenvalue weighted by molar-refractivity contribution is 7.08. The molecule has 1 unspecified atom stereocenters. The van der Waals surface area contributed by atoms with Crippen LogP contribution in [0.5, 0.6) is 0 Å². The van der Waals surface area contributed by atoms with E-state index in [0.29, 0.717) is 6.54 Å². The van der Waals surface area contributed by atoms with Gasteiger partial charge in [0.15, 0.2) is 5.65 Å². The third kappa shape index (κ3) is 2.98. The van der Waals surface area contributed by atoms with Crippen molar-refractivity contribution in [2.75, 3.05) is 23.7 Å². The van der Waals surface area contributed by atoms with E-state index in [9.17, 15) is 4.79 Å². The maximum absolute atomic E-state index is 12.2. The predicted octanol–water partition coefficient (Wildman–Crippen LogP) is 2.51. The molecular formula is C15H16N6OS. The molecular weight excluding hydrogens is 312 g/mol. The lowest BCUT2D eigenvalue weighted by molar-refractivity contribution is 0.222. The Balaban J connectivity index is 1.37. The van der Waals surface area contributed by atoms with E-state index in [4.69, 9.17) is 0 Å². The number of nitrogens with zero attached hydrogens (tertiary/aromatic N) is 4. The number of rotatable bonds is 3. The molecule has 1 aliphatic rings. The van der Waals surface area contributed by atoms with Crippen molar-refractivity contribution in [3.8, 4) is 0 Å². The van der Waals surface area contributed by atoms with Crippen molar-refractivity contribution >= 4 is 34.5 Å². The Labute approximate surface area is 136 Å². The SMILES string of the molecule is O=C(Nc1ccsc1)N1CCC(Nc2ccc3nccn3n2)C1. The average molecular weight is 328 g/mol. The van der Waals surface area contributed by atoms with Crippen LogP contribution in [0, 0.1) is 0 Å². The summed E-state index contributed by atoms with van der Waals surface area (Å²) in [7, 11) is 0. The molecule has 23 heavy (non-hydrogen) atoms. The van der Waals surface area contributed by atoms with E-state index in [1.807, 2.05) is 40.1 Å². The van der Waals surface area contributed by atoms with Gasteiger partial charge in [-0.1, -0.05) is 0 Å². The Morgan fingerprint density at radius 1 is 1.35 bits per heavy atom. The molecule has 0 saturated carbocycles. The monoisotopic (exact) mass is 328 g/mol. The lowest BCUT2D eigenvalue weighted by Gasteiger charge is -2.17. The molecule has 0 spiro atoms. The lowest BCUT2D eigenvalue weighted by Crippen LogP contribution is -2.34. The molecule has 3 aromatic rings. The minimum absolute atomic E-state index is 0.0503. The first-order chi connectivity index (χ1) is 11.3. The number of hydrogen-bond donors (Lipinski definition) is 2. The van der Waals surface area contributed by atoms with Gasteiger partial charge in [-0.15, -0.1) is 5.10 Å². The number of carbonyl (C=O) groups is 1. The van der Waals surface area contributed by atoms with Crippen molar-refractivity contribution in [2.45, 2.75) is 12.5 Å². The molecule has 1 saturated heterocycles. The highest BCUT2D eigenvalue weighted by Crippen LogP contribution is 2.17. The van der Waals surface area contributed by atoms with Crippen LogP contribution in [0.1, 0.15) is 6.42 Å². The Bertz CT molecular complexity index is 814. The first-order valence-corrected chi connectivity index (χ1v) is 8.37. The standard InChI is InChI=1S/C15H16N6OS/c22-15(18-12-4-8-23-10-12)20-6-3-11(9-20)17-13-1-2-14-16-5-7-21(14)19-13/h1-2,4-5,7-8,10-11H,3,6,9H2,(H,17,19)(H,18,22). The number of carbonyl (C=O) groups excluding carboxylic acids is 1. The second kappa shape index (κ2) is 5.88. The van der Waals surface area contributed by atoms with E-state index in [2.05, 4.69) is 20.7 Å². The zero-order valence-corrected chi connectivity index (χ0v) is 13.2. The molecule has 118 valence electrons. The van der Waals surface area contributed by atoms with Gasteiger partial charge >= 0.3 is 6.03 Å². The summed E-state index contributed by atoms with van der Waals surface area (Å²) in [4.78, 5) is 18.2. The van der Waals surface area contributed by atoms with Crippen LogP contribution in [-0.4, -0.2) is 44.7 Å². The van der Waals surface area contributed by atoms with Crippen molar-refractivity contribution < 1.29 is 4.79 Å². The number of urea groups is 1. The summed E-state index contributed by atoms with van der Waals surface area (Å²) >= 11 is 1.57. The first-order valence-electron chi connectivity index (χ1n) is 7.43. The molecule has 7 nitrogen and oxygen atoms in total. The molecule has 2 N–H and O–H groups in total. The Morgan fingerprint density at radius 3 is 3.17 bits per heavy atom. The highest BCUT2D eigenvalue weighted by atomic mass is 32.1. The summed E-state index contributed by atoms with van der Waals surface area (Å²) < 4.78 is 1.73. The van der Waals surface area contributed by atoms with E-state index in [-0.39, 0.29) is 12.1 Å². The lowest BCUT2D eigenvalue weighted by atomic mass is 10.2. The zero-order chi connectivity index (χ0) is 15.6. The smallest absolute Gasteiger partial charge is 0.321 e. The second-order valence-electron chi connectivity index (χ2n) is 5.47.